The third kappa shape index (κ3) is 4.88. The largest absolute Gasteiger partial charge is 0.481 e. The summed E-state index contributed by atoms with van der Waals surface area (Å²) in [6, 6.07) is 7.22. The van der Waals surface area contributed by atoms with Gasteiger partial charge >= 0.3 is 5.97 Å². The highest BCUT2D eigenvalue weighted by Gasteiger charge is 2.30. The van der Waals surface area contributed by atoms with Crippen LogP contribution in [0.3, 0.4) is 0 Å². The van der Waals surface area contributed by atoms with E-state index in [0.717, 1.165) is 24.8 Å². The maximum absolute atomic E-state index is 11.8. The van der Waals surface area contributed by atoms with Crippen LogP contribution in [0.4, 0.5) is 0 Å². The van der Waals surface area contributed by atoms with Crippen LogP contribution in [0.1, 0.15) is 31.2 Å². The number of nitrogens with one attached hydrogen (secondary N) is 1. The summed E-state index contributed by atoms with van der Waals surface area (Å²) in [6.45, 7) is 0.412. The number of amides is 1. The van der Waals surface area contributed by atoms with Gasteiger partial charge in [0.1, 0.15) is 0 Å². The van der Waals surface area contributed by atoms with Crippen LogP contribution in [-0.4, -0.2) is 23.5 Å². The van der Waals surface area contributed by atoms with Crippen LogP contribution in [0.25, 0.3) is 6.08 Å². The molecule has 0 bridgehead atoms. The van der Waals surface area contributed by atoms with E-state index in [9.17, 15) is 14.7 Å². The molecule has 0 spiro atoms. The van der Waals surface area contributed by atoms with Crippen LogP contribution in [0.5, 0.6) is 0 Å². The van der Waals surface area contributed by atoms with Crippen molar-refractivity contribution in [2.24, 2.45) is 11.8 Å². The van der Waals surface area contributed by atoms with Crippen LogP contribution in [-0.2, 0) is 9.59 Å². The Morgan fingerprint density at radius 2 is 2.09 bits per heavy atom. The number of carboxylic acid groups (broad SMARTS) is 1. The normalized spacial score (nSPS) is 21.7. The van der Waals surface area contributed by atoms with Gasteiger partial charge in [0.25, 0.3) is 0 Å². The fraction of sp³-hybridized carbons (Fsp3) is 0.412. The minimum Gasteiger partial charge on any atom is -0.481 e. The summed E-state index contributed by atoms with van der Waals surface area (Å²) in [5.41, 5.74) is 0.851. The van der Waals surface area contributed by atoms with Crippen LogP contribution in [0.2, 0.25) is 5.02 Å². The van der Waals surface area contributed by atoms with Crippen LogP contribution in [0, 0.1) is 11.8 Å². The maximum atomic E-state index is 11.8. The summed E-state index contributed by atoms with van der Waals surface area (Å²) in [5, 5.41) is 12.6. The van der Waals surface area contributed by atoms with Gasteiger partial charge in [-0.2, -0.15) is 0 Å². The SMILES string of the molecule is O=C(/C=C/c1cccc(Cl)c1)NC[C@@H]1CCCC[C@@H]1C(=O)O. The van der Waals surface area contributed by atoms with E-state index in [1.165, 1.54) is 6.08 Å². The lowest BCUT2D eigenvalue weighted by atomic mass is 9.79. The van der Waals surface area contributed by atoms with E-state index >= 15 is 0 Å². The first-order valence-electron chi connectivity index (χ1n) is 7.50. The number of carbonyl (C=O) groups excluding carboxylic acids is 1. The number of hydrogen-bond acceptors (Lipinski definition) is 2. The molecular formula is C17H20ClNO3. The van der Waals surface area contributed by atoms with Crippen LogP contribution in [0.15, 0.2) is 30.3 Å². The van der Waals surface area contributed by atoms with Gasteiger partial charge in [0.2, 0.25) is 5.91 Å². The van der Waals surface area contributed by atoms with Gasteiger partial charge in [0.05, 0.1) is 5.92 Å². The molecule has 5 heteroatoms. The smallest absolute Gasteiger partial charge is 0.306 e. The second-order valence-electron chi connectivity index (χ2n) is 5.62. The summed E-state index contributed by atoms with van der Waals surface area (Å²) < 4.78 is 0. The highest BCUT2D eigenvalue weighted by Crippen LogP contribution is 2.29. The van der Waals surface area contributed by atoms with E-state index in [4.69, 9.17) is 11.6 Å². The standard InChI is InChI=1S/C17H20ClNO3/c18-14-6-3-4-12(10-14)8-9-16(20)19-11-13-5-1-2-7-15(13)17(21)22/h3-4,6,8-10,13,15H,1-2,5,7,11H2,(H,19,20)(H,21,22)/b9-8+/t13-,15-/m0/s1. The van der Waals surface area contributed by atoms with Crippen molar-refractivity contribution in [2.45, 2.75) is 25.7 Å². The first-order valence-corrected chi connectivity index (χ1v) is 7.88. The number of rotatable bonds is 5. The molecule has 0 saturated heterocycles. The fourth-order valence-electron chi connectivity index (χ4n) is 2.85. The number of halogens is 1. The zero-order valence-corrected chi connectivity index (χ0v) is 13.1. The van der Waals surface area contributed by atoms with Crippen molar-refractivity contribution in [1.82, 2.24) is 5.32 Å². The molecule has 0 aliphatic heterocycles. The highest BCUT2D eigenvalue weighted by atomic mass is 35.5. The molecule has 2 atom stereocenters. The second kappa shape index (κ2) is 7.99. The minimum atomic E-state index is -0.756. The van der Waals surface area contributed by atoms with Crippen molar-refractivity contribution >= 4 is 29.6 Å². The van der Waals surface area contributed by atoms with Crippen molar-refractivity contribution in [1.29, 1.82) is 0 Å². The van der Waals surface area contributed by atoms with E-state index in [-0.39, 0.29) is 17.7 Å². The van der Waals surface area contributed by atoms with Gasteiger partial charge in [-0.1, -0.05) is 36.6 Å². The van der Waals surface area contributed by atoms with E-state index in [2.05, 4.69) is 5.32 Å². The Morgan fingerprint density at radius 3 is 2.82 bits per heavy atom. The van der Waals surface area contributed by atoms with Gasteiger partial charge in [-0.15, -0.1) is 0 Å². The van der Waals surface area contributed by atoms with Crippen LogP contribution >= 0.6 is 11.6 Å². The summed E-state index contributed by atoms with van der Waals surface area (Å²) in [5.74, 6) is -1.29. The van der Waals surface area contributed by atoms with Gasteiger partial charge in [-0.05, 0) is 42.5 Å². The number of benzene rings is 1. The Morgan fingerprint density at radius 1 is 1.32 bits per heavy atom. The van der Waals surface area contributed by atoms with E-state index in [0.29, 0.717) is 18.0 Å². The van der Waals surface area contributed by atoms with Crippen molar-refractivity contribution in [2.75, 3.05) is 6.54 Å². The first-order chi connectivity index (χ1) is 10.6. The Kier molecular flexibility index (Phi) is 6.01. The van der Waals surface area contributed by atoms with Crippen molar-refractivity contribution in [3.63, 3.8) is 0 Å². The second-order valence-corrected chi connectivity index (χ2v) is 6.06. The number of carboxylic acids is 1. The monoisotopic (exact) mass is 321 g/mol. The zero-order valence-electron chi connectivity index (χ0n) is 12.3. The lowest BCUT2D eigenvalue weighted by molar-refractivity contribution is -0.145. The Labute approximate surface area is 135 Å². The topological polar surface area (TPSA) is 66.4 Å². The lowest BCUT2D eigenvalue weighted by Crippen LogP contribution is -2.36. The molecule has 0 heterocycles. The molecule has 2 rings (SSSR count). The van der Waals surface area contributed by atoms with E-state index in [1.54, 1.807) is 18.2 Å². The molecule has 1 aliphatic carbocycles. The predicted octanol–water partition coefficient (Wildman–Crippen LogP) is 3.36. The van der Waals surface area contributed by atoms with E-state index in [1.807, 2.05) is 12.1 Å². The molecule has 2 N–H and O–H groups in total. The fourth-order valence-corrected chi connectivity index (χ4v) is 3.05. The molecule has 1 aromatic carbocycles. The average Bonchev–Trinajstić information content (AvgIpc) is 2.51. The summed E-state index contributed by atoms with van der Waals surface area (Å²) >= 11 is 5.88. The third-order valence-corrected chi connectivity index (χ3v) is 4.28. The molecule has 0 unspecified atom stereocenters. The summed E-state index contributed by atoms with van der Waals surface area (Å²) in [7, 11) is 0. The minimum absolute atomic E-state index is 0.0229. The Bertz CT molecular complexity index is 571. The lowest BCUT2D eigenvalue weighted by Gasteiger charge is -2.28. The molecule has 0 radical (unpaired) electrons. The highest BCUT2D eigenvalue weighted by molar-refractivity contribution is 6.30. The molecule has 1 aliphatic rings. The van der Waals surface area contributed by atoms with Crippen molar-refractivity contribution in [3.8, 4) is 0 Å². The van der Waals surface area contributed by atoms with Gasteiger partial charge in [-0.25, -0.2) is 0 Å². The summed E-state index contributed by atoms with van der Waals surface area (Å²) in [4.78, 5) is 23.1. The van der Waals surface area contributed by atoms with Gasteiger partial charge in [0, 0.05) is 17.6 Å². The van der Waals surface area contributed by atoms with Crippen molar-refractivity contribution < 1.29 is 14.7 Å². The average molecular weight is 322 g/mol. The van der Waals surface area contributed by atoms with Crippen molar-refractivity contribution in [3.05, 3.63) is 40.9 Å². The number of hydrogen-bond donors (Lipinski definition) is 2. The molecule has 4 nitrogen and oxygen atoms in total. The number of aliphatic carboxylic acids is 1. The third-order valence-electron chi connectivity index (χ3n) is 4.04. The molecule has 1 fully saturated rings. The van der Waals surface area contributed by atoms with Crippen LogP contribution < -0.4 is 5.32 Å². The Balaban J connectivity index is 1.85. The van der Waals surface area contributed by atoms with E-state index < -0.39 is 5.97 Å². The molecule has 1 aromatic rings. The molecule has 118 valence electrons. The predicted molar refractivity (Wildman–Crippen MR) is 86.6 cm³/mol. The maximum Gasteiger partial charge on any atom is 0.306 e. The first kappa shape index (κ1) is 16.6. The molecule has 1 saturated carbocycles. The van der Waals surface area contributed by atoms with Gasteiger partial charge < -0.3 is 10.4 Å². The van der Waals surface area contributed by atoms with Gasteiger partial charge in [0.15, 0.2) is 0 Å². The Hall–Kier alpha value is -1.81. The quantitative estimate of drug-likeness (QED) is 0.817. The molecule has 1 amide bonds. The summed E-state index contributed by atoms with van der Waals surface area (Å²) in [6.07, 6.45) is 6.68. The number of carbonyl (C=O) groups is 2. The zero-order chi connectivity index (χ0) is 15.9. The van der Waals surface area contributed by atoms with Gasteiger partial charge in [-0.3, -0.25) is 9.59 Å². The molecule has 0 aromatic heterocycles. The molecule has 22 heavy (non-hydrogen) atoms. The molecular weight excluding hydrogens is 302 g/mol.